The molecule has 2 heterocycles. The van der Waals surface area contributed by atoms with E-state index in [4.69, 9.17) is 4.74 Å². The second kappa shape index (κ2) is 5.94. The monoisotopic (exact) mass is 338 g/mol. The molecule has 0 radical (unpaired) electrons. The maximum atomic E-state index is 5.53. The summed E-state index contributed by atoms with van der Waals surface area (Å²) in [4.78, 5) is 2.66. The van der Waals surface area contributed by atoms with Gasteiger partial charge < -0.3 is 15.0 Å². The molecule has 0 amide bonds. The molecule has 0 aliphatic carbocycles. The number of anilines is 1. The third-order valence-corrected chi connectivity index (χ3v) is 5.11. The highest BCUT2D eigenvalue weighted by molar-refractivity contribution is 9.10. The van der Waals surface area contributed by atoms with Crippen LogP contribution < -0.4 is 10.1 Å². The number of hydrogen-bond donors (Lipinski definition) is 1. The highest BCUT2D eigenvalue weighted by atomic mass is 79.9. The Morgan fingerprint density at radius 2 is 2.15 bits per heavy atom. The Morgan fingerprint density at radius 1 is 1.30 bits per heavy atom. The van der Waals surface area contributed by atoms with Crippen molar-refractivity contribution in [2.24, 2.45) is 0 Å². The molecule has 110 valence electrons. The van der Waals surface area contributed by atoms with E-state index in [0.717, 1.165) is 22.0 Å². The summed E-state index contributed by atoms with van der Waals surface area (Å²) in [5.74, 6) is 0.936. The van der Waals surface area contributed by atoms with Gasteiger partial charge in [-0.1, -0.05) is 15.9 Å². The lowest BCUT2D eigenvalue weighted by Crippen LogP contribution is -2.42. The smallest absolute Gasteiger partial charge is 0.143 e. The molecule has 3 rings (SSSR count). The quantitative estimate of drug-likeness (QED) is 0.906. The molecule has 3 nitrogen and oxygen atoms in total. The van der Waals surface area contributed by atoms with Crippen LogP contribution in [0.4, 0.5) is 5.69 Å². The standard InChI is InChI=1S/C16H23BrN2O/c1-11-8-12(17)9-15(20-2)16(11)18-13-5-7-19-6-3-4-14(19)10-13/h8-9,13-14,18H,3-7,10H2,1-2H3. The van der Waals surface area contributed by atoms with Crippen LogP contribution in [0.25, 0.3) is 0 Å². The first-order valence-electron chi connectivity index (χ1n) is 7.52. The molecular weight excluding hydrogens is 316 g/mol. The topological polar surface area (TPSA) is 24.5 Å². The van der Waals surface area contributed by atoms with E-state index in [9.17, 15) is 0 Å². The van der Waals surface area contributed by atoms with E-state index >= 15 is 0 Å². The number of aryl methyl sites for hydroxylation is 1. The summed E-state index contributed by atoms with van der Waals surface area (Å²) in [6.07, 6.45) is 5.24. The predicted octanol–water partition coefficient (Wildman–Crippen LogP) is 3.80. The van der Waals surface area contributed by atoms with Gasteiger partial charge in [-0.25, -0.2) is 0 Å². The molecular formula is C16H23BrN2O. The summed E-state index contributed by atoms with van der Waals surface area (Å²) in [6.45, 7) is 4.68. The van der Waals surface area contributed by atoms with Crippen molar-refractivity contribution in [3.05, 3.63) is 22.2 Å². The van der Waals surface area contributed by atoms with Crippen LogP contribution in [0.1, 0.15) is 31.2 Å². The van der Waals surface area contributed by atoms with Crippen molar-refractivity contribution in [2.75, 3.05) is 25.5 Å². The minimum atomic E-state index is 0.572. The molecule has 2 unspecified atom stereocenters. The van der Waals surface area contributed by atoms with Crippen LogP contribution in [-0.4, -0.2) is 37.2 Å². The van der Waals surface area contributed by atoms with E-state index in [0.29, 0.717) is 6.04 Å². The summed E-state index contributed by atoms with van der Waals surface area (Å²) in [7, 11) is 1.74. The predicted molar refractivity (Wildman–Crippen MR) is 86.7 cm³/mol. The van der Waals surface area contributed by atoms with Crippen LogP contribution >= 0.6 is 15.9 Å². The third-order valence-electron chi connectivity index (χ3n) is 4.65. The van der Waals surface area contributed by atoms with E-state index in [-0.39, 0.29) is 0 Å². The molecule has 0 aromatic heterocycles. The summed E-state index contributed by atoms with van der Waals surface area (Å²) < 4.78 is 6.60. The number of nitrogens with zero attached hydrogens (tertiary/aromatic N) is 1. The van der Waals surface area contributed by atoms with Gasteiger partial charge in [-0.2, -0.15) is 0 Å². The lowest BCUT2D eigenvalue weighted by molar-refractivity contribution is 0.188. The van der Waals surface area contributed by atoms with E-state index in [1.807, 2.05) is 6.07 Å². The van der Waals surface area contributed by atoms with E-state index in [1.54, 1.807) is 7.11 Å². The average molecular weight is 339 g/mol. The lowest BCUT2D eigenvalue weighted by atomic mass is 9.97. The Hall–Kier alpha value is -0.740. The van der Waals surface area contributed by atoms with Gasteiger partial charge in [0, 0.05) is 23.1 Å². The number of nitrogens with one attached hydrogen (secondary N) is 1. The van der Waals surface area contributed by atoms with Gasteiger partial charge in [0.2, 0.25) is 0 Å². The van der Waals surface area contributed by atoms with Gasteiger partial charge in [0.05, 0.1) is 12.8 Å². The van der Waals surface area contributed by atoms with Crippen molar-refractivity contribution in [3.63, 3.8) is 0 Å². The first-order valence-corrected chi connectivity index (χ1v) is 8.31. The number of ether oxygens (including phenoxy) is 1. The fourth-order valence-corrected chi connectivity index (χ4v) is 4.17. The van der Waals surface area contributed by atoms with Crippen molar-refractivity contribution >= 4 is 21.6 Å². The van der Waals surface area contributed by atoms with Gasteiger partial charge >= 0.3 is 0 Å². The molecule has 2 aliphatic rings. The van der Waals surface area contributed by atoms with Gasteiger partial charge in [0.1, 0.15) is 5.75 Å². The Morgan fingerprint density at radius 3 is 2.95 bits per heavy atom. The second-order valence-electron chi connectivity index (χ2n) is 6.00. The third kappa shape index (κ3) is 2.82. The molecule has 0 spiro atoms. The van der Waals surface area contributed by atoms with Gasteiger partial charge in [0.25, 0.3) is 0 Å². The molecule has 2 aliphatic heterocycles. The van der Waals surface area contributed by atoms with Crippen molar-refractivity contribution in [1.29, 1.82) is 0 Å². The van der Waals surface area contributed by atoms with Gasteiger partial charge in [0.15, 0.2) is 0 Å². The normalized spacial score (nSPS) is 26.4. The first kappa shape index (κ1) is 14.2. The van der Waals surface area contributed by atoms with Crippen molar-refractivity contribution in [1.82, 2.24) is 4.90 Å². The molecule has 2 atom stereocenters. The zero-order chi connectivity index (χ0) is 14.1. The number of piperidine rings is 1. The number of benzene rings is 1. The molecule has 2 saturated heterocycles. The number of hydrogen-bond acceptors (Lipinski definition) is 3. The maximum Gasteiger partial charge on any atom is 0.143 e. The molecule has 1 N–H and O–H groups in total. The molecule has 1 aromatic carbocycles. The zero-order valence-electron chi connectivity index (χ0n) is 12.3. The minimum Gasteiger partial charge on any atom is -0.495 e. The Balaban J connectivity index is 1.74. The number of methoxy groups -OCH3 is 1. The van der Waals surface area contributed by atoms with Crippen molar-refractivity contribution in [2.45, 2.75) is 44.7 Å². The molecule has 1 aromatic rings. The number of halogens is 1. The van der Waals surface area contributed by atoms with Crippen LogP contribution in [0.3, 0.4) is 0 Å². The minimum absolute atomic E-state index is 0.572. The average Bonchev–Trinajstić information content (AvgIpc) is 2.89. The molecule has 20 heavy (non-hydrogen) atoms. The van der Waals surface area contributed by atoms with E-state index < -0.39 is 0 Å². The fourth-order valence-electron chi connectivity index (χ4n) is 3.62. The Labute approximate surface area is 129 Å². The lowest BCUT2D eigenvalue weighted by Gasteiger charge is -2.36. The van der Waals surface area contributed by atoms with Crippen LogP contribution in [-0.2, 0) is 0 Å². The van der Waals surface area contributed by atoms with Crippen LogP contribution in [0, 0.1) is 6.92 Å². The summed E-state index contributed by atoms with van der Waals surface area (Å²) >= 11 is 3.54. The largest absolute Gasteiger partial charge is 0.495 e. The zero-order valence-corrected chi connectivity index (χ0v) is 13.9. The van der Waals surface area contributed by atoms with Crippen LogP contribution in [0.2, 0.25) is 0 Å². The maximum absolute atomic E-state index is 5.53. The highest BCUT2D eigenvalue weighted by Crippen LogP contribution is 2.35. The van der Waals surface area contributed by atoms with Crippen molar-refractivity contribution in [3.8, 4) is 5.75 Å². The Kier molecular flexibility index (Phi) is 4.22. The molecule has 2 fully saturated rings. The molecule has 0 bridgehead atoms. The highest BCUT2D eigenvalue weighted by Gasteiger charge is 2.32. The van der Waals surface area contributed by atoms with Gasteiger partial charge in [-0.15, -0.1) is 0 Å². The first-order chi connectivity index (χ1) is 9.67. The number of fused-ring (bicyclic) bond motifs is 1. The Bertz CT molecular complexity index is 492. The van der Waals surface area contributed by atoms with Crippen LogP contribution in [0.15, 0.2) is 16.6 Å². The summed E-state index contributed by atoms with van der Waals surface area (Å²) in [5.41, 5.74) is 2.40. The summed E-state index contributed by atoms with van der Waals surface area (Å²) in [5, 5.41) is 3.74. The molecule has 0 saturated carbocycles. The van der Waals surface area contributed by atoms with Gasteiger partial charge in [-0.05, 0) is 56.8 Å². The summed E-state index contributed by atoms with van der Waals surface area (Å²) in [6, 6.07) is 5.56. The van der Waals surface area contributed by atoms with Crippen LogP contribution in [0.5, 0.6) is 5.75 Å². The second-order valence-corrected chi connectivity index (χ2v) is 6.91. The fraction of sp³-hybridized carbons (Fsp3) is 0.625. The SMILES string of the molecule is COc1cc(Br)cc(C)c1NC1CCN2CCCC2C1. The van der Waals surface area contributed by atoms with Crippen molar-refractivity contribution < 1.29 is 4.74 Å². The van der Waals surface area contributed by atoms with Gasteiger partial charge in [-0.3, -0.25) is 0 Å². The van der Waals surface area contributed by atoms with E-state index in [1.165, 1.54) is 44.3 Å². The van der Waals surface area contributed by atoms with E-state index in [2.05, 4.69) is 39.1 Å². The molecule has 4 heteroatoms. The number of rotatable bonds is 3.